The number of pyridine rings is 1. The van der Waals surface area contributed by atoms with Crippen LogP contribution in [-0.4, -0.2) is 27.8 Å². The largest absolute Gasteiger partial charge is 0.508 e. The lowest BCUT2D eigenvalue weighted by Crippen LogP contribution is -2.22. The fourth-order valence-electron chi connectivity index (χ4n) is 4.66. The summed E-state index contributed by atoms with van der Waals surface area (Å²) in [5, 5.41) is 28.4. The van der Waals surface area contributed by atoms with E-state index in [1.165, 1.54) is 6.92 Å². The standard InChI is InChI=1S/C27H33N3O6S/c1-5-18(6-2)24(20-10-14-22(31)15-11-20)19-8-12-21(13-9-19)28-29-25-17(4)23(16-37(34,35)36)26(32)30(7-3)27(25)33/h8-15,18,24,31-32H,5-7,16H2,1-4H3,(H,34,35,36)/b29-28+. The van der Waals surface area contributed by atoms with Crippen molar-refractivity contribution >= 4 is 21.5 Å². The van der Waals surface area contributed by atoms with E-state index in [4.69, 9.17) is 0 Å². The highest BCUT2D eigenvalue weighted by atomic mass is 32.2. The fourth-order valence-corrected chi connectivity index (χ4v) is 5.37. The number of aromatic nitrogens is 1. The van der Waals surface area contributed by atoms with Crippen LogP contribution in [0, 0.1) is 12.8 Å². The molecule has 0 fully saturated rings. The summed E-state index contributed by atoms with van der Waals surface area (Å²) in [6.45, 7) is 7.47. The van der Waals surface area contributed by atoms with Crippen molar-refractivity contribution in [1.29, 1.82) is 0 Å². The van der Waals surface area contributed by atoms with E-state index in [0.717, 1.165) is 28.5 Å². The van der Waals surface area contributed by atoms with Gasteiger partial charge in [-0.1, -0.05) is 51.0 Å². The van der Waals surface area contributed by atoms with Gasteiger partial charge in [-0.25, -0.2) is 0 Å². The lowest BCUT2D eigenvalue weighted by Gasteiger charge is -2.26. The van der Waals surface area contributed by atoms with Gasteiger partial charge in [-0.05, 0) is 60.7 Å². The van der Waals surface area contributed by atoms with E-state index in [1.54, 1.807) is 31.2 Å². The molecule has 0 aliphatic heterocycles. The quantitative estimate of drug-likeness (QED) is 0.219. The number of rotatable bonds is 10. The number of azo groups is 1. The van der Waals surface area contributed by atoms with Gasteiger partial charge >= 0.3 is 0 Å². The molecule has 1 unspecified atom stereocenters. The lowest BCUT2D eigenvalue weighted by molar-refractivity contribution is 0.403. The molecular weight excluding hydrogens is 494 g/mol. The molecule has 3 aromatic rings. The molecule has 198 valence electrons. The molecule has 2 aromatic carbocycles. The van der Waals surface area contributed by atoms with E-state index >= 15 is 0 Å². The van der Waals surface area contributed by atoms with Crippen LogP contribution in [0.4, 0.5) is 11.4 Å². The molecule has 1 heterocycles. The molecule has 9 nitrogen and oxygen atoms in total. The minimum absolute atomic E-state index is 0.0787. The Bertz CT molecular complexity index is 1420. The van der Waals surface area contributed by atoms with Crippen LogP contribution in [0.15, 0.2) is 63.6 Å². The maximum Gasteiger partial charge on any atom is 0.281 e. The molecule has 0 radical (unpaired) electrons. The predicted molar refractivity (Wildman–Crippen MR) is 143 cm³/mol. The van der Waals surface area contributed by atoms with Crippen molar-refractivity contribution in [1.82, 2.24) is 4.57 Å². The molecule has 1 atom stereocenters. The highest BCUT2D eigenvalue weighted by Gasteiger charge is 2.24. The maximum atomic E-state index is 12.9. The molecule has 3 N–H and O–H groups in total. The van der Waals surface area contributed by atoms with Crippen molar-refractivity contribution in [3.8, 4) is 11.6 Å². The van der Waals surface area contributed by atoms with Crippen molar-refractivity contribution in [2.24, 2.45) is 16.1 Å². The number of phenols is 1. The fraction of sp³-hybridized carbons (Fsp3) is 0.370. The highest BCUT2D eigenvalue weighted by Crippen LogP contribution is 2.37. The van der Waals surface area contributed by atoms with Crippen LogP contribution in [-0.2, 0) is 22.4 Å². The van der Waals surface area contributed by atoms with E-state index in [1.807, 2.05) is 24.3 Å². The third-order valence-corrected chi connectivity index (χ3v) is 7.37. The summed E-state index contributed by atoms with van der Waals surface area (Å²) in [5.41, 5.74) is 1.99. The monoisotopic (exact) mass is 527 g/mol. The van der Waals surface area contributed by atoms with Crippen molar-refractivity contribution in [3.05, 3.63) is 81.1 Å². The molecule has 0 bridgehead atoms. The van der Waals surface area contributed by atoms with E-state index in [-0.39, 0.29) is 35.0 Å². The SMILES string of the molecule is CCC(CC)C(c1ccc(O)cc1)c1ccc(/N=N/c2c(C)c(CS(=O)(=O)O)c(O)n(CC)c2=O)cc1. The van der Waals surface area contributed by atoms with Crippen LogP contribution < -0.4 is 5.56 Å². The van der Waals surface area contributed by atoms with Gasteiger partial charge in [-0.15, -0.1) is 5.11 Å². The number of hydrogen-bond donors (Lipinski definition) is 3. The molecule has 37 heavy (non-hydrogen) atoms. The van der Waals surface area contributed by atoms with Crippen LogP contribution in [0.2, 0.25) is 0 Å². The predicted octanol–water partition coefficient (Wildman–Crippen LogP) is 5.96. The zero-order valence-electron chi connectivity index (χ0n) is 21.4. The number of benzene rings is 2. The average Bonchev–Trinajstić information content (AvgIpc) is 2.86. The average molecular weight is 528 g/mol. The Morgan fingerprint density at radius 3 is 1.92 bits per heavy atom. The van der Waals surface area contributed by atoms with Gasteiger partial charge in [-0.2, -0.15) is 13.5 Å². The van der Waals surface area contributed by atoms with Crippen molar-refractivity contribution in [3.63, 3.8) is 0 Å². The number of phenolic OH excluding ortho intramolecular Hbond substituents is 1. The molecule has 0 spiro atoms. The number of aromatic hydroxyl groups is 2. The minimum Gasteiger partial charge on any atom is -0.508 e. The van der Waals surface area contributed by atoms with Gasteiger partial charge in [0.1, 0.15) is 11.5 Å². The molecule has 3 rings (SSSR count). The minimum atomic E-state index is -4.46. The van der Waals surface area contributed by atoms with Crippen LogP contribution >= 0.6 is 0 Å². The van der Waals surface area contributed by atoms with Gasteiger partial charge in [0.25, 0.3) is 15.7 Å². The van der Waals surface area contributed by atoms with Crippen molar-refractivity contribution in [2.45, 2.75) is 58.8 Å². The van der Waals surface area contributed by atoms with Crippen LogP contribution in [0.3, 0.4) is 0 Å². The Morgan fingerprint density at radius 2 is 1.43 bits per heavy atom. The first-order valence-electron chi connectivity index (χ1n) is 12.2. The summed E-state index contributed by atoms with van der Waals surface area (Å²) in [5.74, 6) is -0.635. The van der Waals surface area contributed by atoms with E-state index < -0.39 is 27.3 Å². The second-order valence-electron chi connectivity index (χ2n) is 8.99. The lowest BCUT2D eigenvalue weighted by atomic mass is 9.78. The zero-order chi connectivity index (χ0) is 27.3. The molecule has 0 saturated heterocycles. The molecular formula is C27H33N3O6S. The zero-order valence-corrected chi connectivity index (χ0v) is 22.2. The summed E-state index contributed by atoms with van der Waals surface area (Å²) >= 11 is 0. The summed E-state index contributed by atoms with van der Waals surface area (Å²) in [6.07, 6.45) is 1.97. The molecule has 0 amide bonds. The smallest absolute Gasteiger partial charge is 0.281 e. The molecule has 0 aliphatic rings. The van der Waals surface area contributed by atoms with Crippen molar-refractivity contribution < 1.29 is 23.2 Å². The molecule has 10 heteroatoms. The Balaban J connectivity index is 2.00. The number of nitrogens with zero attached hydrogens (tertiary/aromatic N) is 3. The first-order chi connectivity index (χ1) is 17.5. The second-order valence-corrected chi connectivity index (χ2v) is 10.4. The molecule has 1 aromatic heterocycles. The van der Waals surface area contributed by atoms with Gasteiger partial charge in [0.05, 0.1) is 5.69 Å². The maximum absolute atomic E-state index is 12.9. The van der Waals surface area contributed by atoms with Crippen LogP contribution in [0.5, 0.6) is 11.6 Å². The van der Waals surface area contributed by atoms with E-state index in [9.17, 15) is 28.0 Å². The number of hydrogen-bond acceptors (Lipinski definition) is 7. The van der Waals surface area contributed by atoms with Gasteiger partial charge < -0.3 is 10.2 Å². The van der Waals surface area contributed by atoms with Crippen LogP contribution in [0.1, 0.15) is 61.8 Å². The van der Waals surface area contributed by atoms with Gasteiger partial charge in [0.15, 0.2) is 11.6 Å². The summed E-state index contributed by atoms with van der Waals surface area (Å²) in [6, 6.07) is 14.7. The van der Waals surface area contributed by atoms with Gasteiger partial charge in [0, 0.05) is 18.0 Å². The Labute approximate surface area is 216 Å². The molecule has 0 saturated carbocycles. The van der Waals surface area contributed by atoms with E-state index in [2.05, 4.69) is 24.1 Å². The second kappa shape index (κ2) is 11.7. The van der Waals surface area contributed by atoms with Gasteiger partial charge in [-0.3, -0.25) is 13.9 Å². The first-order valence-corrected chi connectivity index (χ1v) is 13.8. The third-order valence-electron chi connectivity index (χ3n) is 6.71. The molecule has 0 aliphatic carbocycles. The first kappa shape index (κ1) is 28.1. The van der Waals surface area contributed by atoms with Gasteiger partial charge in [0.2, 0.25) is 0 Å². The summed E-state index contributed by atoms with van der Waals surface area (Å²) in [4.78, 5) is 12.9. The normalized spacial score (nSPS) is 12.9. The highest BCUT2D eigenvalue weighted by molar-refractivity contribution is 7.85. The summed E-state index contributed by atoms with van der Waals surface area (Å²) in [7, 11) is -4.46. The van der Waals surface area contributed by atoms with Crippen molar-refractivity contribution in [2.75, 3.05) is 0 Å². The van der Waals surface area contributed by atoms with E-state index in [0.29, 0.717) is 11.6 Å². The van der Waals surface area contributed by atoms with Crippen LogP contribution in [0.25, 0.3) is 0 Å². The Hall–Kier alpha value is -3.50. The topological polar surface area (TPSA) is 142 Å². The Kier molecular flexibility index (Phi) is 8.88. The summed E-state index contributed by atoms with van der Waals surface area (Å²) < 4.78 is 33.2. The Morgan fingerprint density at radius 1 is 0.892 bits per heavy atom. The third kappa shape index (κ3) is 6.44.